The molecule has 0 unspecified atom stereocenters. The Balaban J connectivity index is 2.06. The van der Waals surface area contributed by atoms with Gasteiger partial charge in [0.2, 0.25) is 0 Å². The van der Waals surface area contributed by atoms with Crippen LogP contribution in [0.4, 0.5) is 0 Å². The molecule has 0 aromatic heterocycles. The van der Waals surface area contributed by atoms with Crippen LogP contribution in [0.1, 0.15) is 25.7 Å². The van der Waals surface area contributed by atoms with Gasteiger partial charge in [-0.05, 0) is 0 Å². The molecule has 10 atom stereocenters. The standard InChI is InChI=1S/C21H32O17/c1-33-20-18(32)19(15(29)9(36-20)7-35-13(27)5-3-11(24)25)38-21-17(31)16(30)14(28)8(37-21)6-34-12(26)4-2-10(22)23/h8-9,14-21,28-32H,2-7H2,1H3,(H,22,23)(H,24,25)/t8-,9-,14-,15-,16+,17-,18-,19+,20-,21+/m1/s1. The number of esters is 2. The van der Waals surface area contributed by atoms with E-state index in [-0.39, 0.29) is 0 Å². The van der Waals surface area contributed by atoms with E-state index in [0.717, 1.165) is 7.11 Å². The smallest absolute Gasteiger partial charge is 0.306 e. The average molecular weight is 556 g/mol. The highest BCUT2D eigenvalue weighted by Crippen LogP contribution is 2.30. The van der Waals surface area contributed by atoms with Gasteiger partial charge in [-0.15, -0.1) is 0 Å². The Hall–Kier alpha value is -2.48. The van der Waals surface area contributed by atoms with Gasteiger partial charge in [0.05, 0.1) is 25.7 Å². The van der Waals surface area contributed by atoms with Crippen LogP contribution >= 0.6 is 0 Å². The van der Waals surface area contributed by atoms with E-state index in [1.54, 1.807) is 0 Å². The van der Waals surface area contributed by atoms with E-state index in [9.17, 15) is 44.7 Å². The summed E-state index contributed by atoms with van der Waals surface area (Å²) in [6.07, 6.45) is -18.5. The summed E-state index contributed by atoms with van der Waals surface area (Å²) in [4.78, 5) is 44.6. The van der Waals surface area contributed by atoms with Crippen LogP contribution in [0.2, 0.25) is 0 Å². The van der Waals surface area contributed by atoms with Gasteiger partial charge < -0.3 is 64.2 Å². The summed E-state index contributed by atoms with van der Waals surface area (Å²) < 4.78 is 31.0. The Bertz CT molecular complexity index is 820. The molecule has 17 nitrogen and oxygen atoms in total. The van der Waals surface area contributed by atoms with Crippen LogP contribution in [-0.4, -0.2) is 141 Å². The lowest BCUT2D eigenvalue weighted by Gasteiger charge is -2.45. The first-order valence-corrected chi connectivity index (χ1v) is 11.5. The molecule has 0 saturated carbocycles. The number of carboxylic acids is 2. The second-order valence-electron chi connectivity index (χ2n) is 8.53. The van der Waals surface area contributed by atoms with Crippen molar-refractivity contribution in [3.8, 4) is 0 Å². The number of aliphatic hydroxyl groups is 5. The number of carboxylic acid groups (broad SMARTS) is 2. The second kappa shape index (κ2) is 14.6. The Labute approximate surface area is 215 Å². The van der Waals surface area contributed by atoms with Crippen molar-refractivity contribution < 1.29 is 83.3 Å². The van der Waals surface area contributed by atoms with Gasteiger partial charge in [-0.2, -0.15) is 0 Å². The Morgan fingerprint density at radius 2 is 1.11 bits per heavy atom. The molecule has 2 rings (SSSR count). The first kappa shape index (κ1) is 31.7. The third-order valence-electron chi connectivity index (χ3n) is 5.74. The van der Waals surface area contributed by atoms with E-state index in [1.165, 1.54) is 0 Å². The molecule has 0 spiro atoms. The molecule has 0 amide bonds. The molecular weight excluding hydrogens is 524 g/mol. The minimum absolute atomic E-state index is 0.445. The van der Waals surface area contributed by atoms with Gasteiger partial charge >= 0.3 is 23.9 Å². The summed E-state index contributed by atoms with van der Waals surface area (Å²) in [5.74, 6) is -4.29. The lowest BCUT2D eigenvalue weighted by Crippen LogP contribution is -2.65. The molecule has 2 fully saturated rings. The molecule has 38 heavy (non-hydrogen) atoms. The Kier molecular flexibility index (Phi) is 12.2. The van der Waals surface area contributed by atoms with Crippen molar-refractivity contribution in [1.82, 2.24) is 0 Å². The quantitative estimate of drug-likeness (QED) is 0.107. The van der Waals surface area contributed by atoms with Gasteiger partial charge in [0.1, 0.15) is 62.0 Å². The van der Waals surface area contributed by atoms with Gasteiger partial charge in [-0.1, -0.05) is 0 Å². The maximum Gasteiger partial charge on any atom is 0.306 e. The normalized spacial score (nSPS) is 35.3. The fourth-order valence-electron chi connectivity index (χ4n) is 3.63. The van der Waals surface area contributed by atoms with Crippen LogP contribution in [0.25, 0.3) is 0 Å². The van der Waals surface area contributed by atoms with Gasteiger partial charge in [-0.3, -0.25) is 19.2 Å². The average Bonchev–Trinajstić information content (AvgIpc) is 2.87. The highest BCUT2D eigenvalue weighted by Gasteiger charge is 2.51. The summed E-state index contributed by atoms with van der Waals surface area (Å²) in [6, 6.07) is 0. The summed E-state index contributed by atoms with van der Waals surface area (Å²) >= 11 is 0. The van der Waals surface area contributed by atoms with Crippen molar-refractivity contribution >= 4 is 23.9 Å². The highest BCUT2D eigenvalue weighted by molar-refractivity contribution is 5.77. The predicted molar refractivity (Wildman–Crippen MR) is 115 cm³/mol. The Morgan fingerprint density at radius 3 is 1.58 bits per heavy atom. The van der Waals surface area contributed by atoms with Crippen molar-refractivity contribution in [3.63, 3.8) is 0 Å². The number of ether oxygens (including phenoxy) is 6. The van der Waals surface area contributed by atoms with Crippen molar-refractivity contribution in [3.05, 3.63) is 0 Å². The van der Waals surface area contributed by atoms with Gasteiger partial charge in [0.15, 0.2) is 12.6 Å². The van der Waals surface area contributed by atoms with Crippen LogP contribution in [0.3, 0.4) is 0 Å². The molecule has 0 radical (unpaired) electrons. The van der Waals surface area contributed by atoms with E-state index in [2.05, 4.69) is 0 Å². The molecule has 0 aromatic carbocycles. The van der Waals surface area contributed by atoms with E-state index in [0.29, 0.717) is 0 Å². The molecule has 2 aliphatic rings. The molecule has 0 bridgehead atoms. The van der Waals surface area contributed by atoms with E-state index in [4.69, 9.17) is 38.6 Å². The summed E-state index contributed by atoms with van der Waals surface area (Å²) in [6.45, 7) is -1.24. The largest absolute Gasteiger partial charge is 0.481 e. The molecule has 0 aliphatic carbocycles. The molecular formula is C21H32O17. The zero-order valence-corrected chi connectivity index (χ0v) is 20.2. The van der Waals surface area contributed by atoms with Crippen molar-refractivity contribution in [2.75, 3.05) is 20.3 Å². The first-order chi connectivity index (χ1) is 17.8. The number of rotatable bonds is 13. The van der Waals surface area contributed by atoms with Crippen LogP contribution in [-0.2, 0) is 47.6 Å². The number of carbonyl (C=O) groups excluding carboxylic acids is 2. The zero-order chi connectivity index (χ0) is 28.6. The van der Waals surface area contributed by atoms with Crippen LogP contribution in [0.5, 0.6) is 0 Å². The second-order valence-corrected chi connectivity index (χ2v) is 8.53. The van der Waals surface area contributed by atoms with Gasteiger partial charge in [0.25, 0.3) is 0 Å². The number of hydrogen-bond acceptors (Lipinski definition) is 15. The van der Waals surface area contributed by atoms with E-state index in [1.807, 2.05) is 0 Å². The summed E-state index contributed by atoms with van der Waals surface area (Å²) in [5, 5.41) is 69.3. The number of carbonyl (C=O) groups is 4. The number of methoxy groups -OCH3 is 1. The topological polar surface area (TPSA) is 265 Å². The maximum absolute atomic E-state index is 11.7. The lowest BCUT2D eigenvalue weighted by atomic mass is 9.97. The van der Waals surface area contributed by atoms with Gasteiger partial charge in [-0.25, -0.2) is 0 Å². The van der Waals surface area contributed by atoms with Crippen LogP contribution in [0, 0.1) is 0 Å². The highest BCUT2D eigenvalue weighted by atomic mass is 16.7. The molecule has 218 valence electrons. The minimum Gasteiger partial charge on any atom is -0.481 e. The molecule has 2 saturated heterocycles. The molecule has 7 N–H and O–H groups in total. The zero-order valence-electron chi connectivity index (χ0n) is 20.2. The van der Waals surface area contributed by atoms with E-state index >= 15 is 0 Å². The maximum atomic E-state index is 11.7. The Morgan fingerprint density at radius 1 is 0.632 bits per heavy atom. The fourth-order valence-corrected chi connectivity index (χ4v) is 3.63. The number of aliphatic carboxylic acids is 2. The van der Waals surface area contributed by atoms with Crippen LogP contribution < -0.4 is 0 Å². The monoisotopic (exact) mass is 556 g/mol. The third-order valence-corrected chi connectivity index (χ3v) is 5.74. The van der Waals surface area contributed by atoms with E-state index < -0.39 is 124 Å². The summed E-state index contributed by atoms with van der Waals surface area (Å²) in [5.41, 5.74) is 0. The van der Waals surface area contributed by atoms with Crippen molar-refractivity contribution in [1.29, 1.82) is 0 Å². The molecule has 2 heterocycles. The third kappa shape index (κ3) is 8.79. The first-order valence-electron chi connectivity index (χ1n) is 11.5. The SMILES string of the molecule is CO[C@@H]1O[C@H](COC(=O)CCC(=O)O)[C@@H](O)[C@H](O[C@@H]2O[C@H](COC(=O)CCC(=O)O)[C@@H](O)[C@H](O)[C@H]2O)[C@H]1O. The predicted octanol–water partition coefficient (Wildman–Crippen LogP) is -3.91. The van der Waals surface area contributed by atoms with Crippen LogP contribution in [0.15, 0.2) is 0 Å². The van der Waals surface area contributed by atoms with Crippen molar-refractivity contribution in [2.45, 2.75) is 87.1 Å². The van der Waals surface area contributed by atoms with Crippen molar-refractivity contribution in [2.24, 2.45) is 0 Å². The summed E-state index contributed by atoms with van der Waals surface area (Å²) in [7, 11) is 1.15. The fraction of sp³-hybridized carbons (Fsp3) is 0.810. The molecule has 0 aromatic rings. The van der Waals surface area contributed by atoms with Gasteiger partial charge in [0, 0.05) is 7.11 Å². The number of hydrogen-bond donors (Lipinski definition) is 7. The minimum atomic E-state index is -1.90. The molecule has 2 aliphatic heterocycles. The number of aliphatic hydroxyl groups excluding tert-OH is 5. The lowest BCUT2D eigenvalue weighted by molar-refractivity contribution is -0.358. The molecule has 17 heteroatoms.